The number of phenolic OH excluding ortho intramolecular Hbond substituents is 1. The number of ketones is 1. The number of hydrogen-bond acceptors (Lipinski definition) is 7. The summed E-state index contributed by atoms with van der Waals surface area (Å²) in [6.07, 6.45) is 0. The fourth-order valence-corrected chi connectivity index (χ4v) is 5.45. The van der Waals surface area contributed by atoms with E-state index in [9.17, 15) is 28.2 Å². The Hall–Kier alpha value is -3.21. The van der Waals surface area contributed by atoms with Gasteiger partial charge in [-0.2, -0.15) is 4.31 Å². The fourth-order valence-electron chi connectivity index (χ4n) is 3.99. The number of aromatic hydroxyl groups is 1. The first-order valence-corrected chi connectivity index (χ1v) is 12.3. The summed E-state index contributed by atoms with van der Waals surface area (Å²) in [6, 6.07) is 10.7. The second-order valence-corrected chi connectivity index (χ2v) is 9.63. The Morgan fingerprint density at radius 1 is 1.09 bits per heavy atom. The molecule has 1 amide bonds. The van der Waals surface area contributed by atoms with Gasteiger partial charge in [0.05, 0.1) is 23.1 Å². The standard InChI is InChI=1S/C24H28N2O7S/c1-4-25(5-2)34(31,32)19-11-9-16(10-12-19)22(28)20-21(17-7-6-8-18(27)15-17)26(13-14-33-3)24(30)23(20)29/h6-12,15,21,27-28H,4-5,13-14H2,1-3H3/t21-/m0/s1. The lowest BCUT2D eigenvalue weighted by Crippen LogP contribution is -2.32. The molecule has 34 heavy (non-hydrogen) atoms. The quantitative estimate of drug-likeness (QED) is 0.316. The summed E-state index contributed by atoms with van der Waals surface area (Å²) < 4.78 is 31.9. The van der Waals surface area contributed by atoms with Gasteiger partial charge in [0.2, 0.25) is 10.0 Å². The van der Waals surface area contributed by atoms with Gasteiger partial charge in [-0.1, -0.05) is 26.0 Å². The molecule has 0 saturated carbocycles. The summed E-state index contributed by atoms with van der Waals surface area (Å²) in [6.45, 7) is 4.38. The Bertz CT molecular complexity index is 1200. The number of amides is 1. The van der Waals surface area contributed by atoms with Crippen LogP contribution in [0.2, 0.25) is 0 Å². The number of methoxy groups -OCH3 is 1. The SMILES string of the molecule is CCN(CC)S(=O)(=O)c1ccc(C(O)=C2C(=O)C(=O)N(CCOC)[C@H]2c2cccc(O)c2)cc1. The van der Waals surface area contributed by atoms with Gasteiger partial charge in [0.25, 0.3) is 11.7 Å². The molecule has 1 heterocycles. The van der Waals surface area contributed by atoms with Crippen LogP contribution >= 0.6 is 0 Å². The molecule has 3 rings (SSSR count). The number of nitrogens with zero attached hydrogens (tertiary/aromatic N) is 2. The average molecular weight is 489 g/mol. The Labute approximate surface area is 198 Å². The molecule has 182 valence electrons. The van der Waals surface area contributed by atoms with Crippen LogP contribution in [-0.4, -0.2) is 72.9 Å². The summed E-state index contributed by atoms with van der Waals surface area (Å²) in [7, 11) is -2.23. The molecule has 0 unspecified atom stereocenters. The molecule has 9 nitrogen and oxygen atoms in total. The number of ether oxygens (including phenoxy) is 1. The van der Waals surface area contributed by atoms with Crippen molar-refractivity contribution in [2.24, 2.45) is 0 Å². The van der Waals surface area contributed by atoms with Crippen LogP contribution in [0, 0.1) is 0 Å². The maximum absolute atomic E-state index is 12.9. The number of likely N-dealkylation sites (tertiary alicyclic amines) is 1. The number of phenols is 1. The summed E-state index contributed by atoms with van der Waals surface area (Å²) in [4.78, 5) is 27.1. The van der Waals surface area contributed by atoms with Crippen LogP contribution in [-0.2, 0) is 24.3 Å². The number of benzene rings is 2. The third-order valence-corrected chi connectivity index (χ3v) is 7.80. The van der Waals surface area contributed by atoms with Crippen LogP contribution < -0.4 is 0 Å². The molecule has 10 heteroatoms. The molecule has 0 aliphatic carbocycles. The predicted octanol–water partition coefficient (Wildman–Crippen LogP) is 2.49. The second kappa shape index (κ2) is 10.4. The molecule has 1 aliphatic rings. The molecule has 0 bridgehead atoms. The fraction of sp³-hybridized carbons (Fsp3) is 0.333. The molecule has 1 saturated heterocycles. The normalized spacial score (nSPS) is 18.1. The van der Waals surface area contributed by atoms with Gasteiger partial charge in [-0.05, 0) is 42.0 Å². The number of rotatable bonds is 9. The molecule has 2 aromatic rings. The lowest BCUT2D eigenvalue weighted by molar-refractivity contribution is -0.140. The van der Waals surface area contributed by atoms with Crippen molar-refractivity contribution in [1.29, 1.82) is 0 Å². The van der Waals surface area contributed by atoms with Crippen molar-refractivity contribution in [3.8, 4) is 5.75 Å². The molecule has 0 spiro atoms. The Kier molecular flexibility index (Phi) is 7.75. The van der Waals surface area contributed by atoms with Crippen LogP contribution in [0.25, 0.3) is 5.76 Å². The van der Waals surface area contributed by atoms with Gasteiger partial charge in [0, 0.05) is 32.3 Å². The first kappa shape index (κ1) is 25.4. The van der Waals surface area contributed by atoms with Gasteiger partial charge in [0.15, 0.2) is 0 Å². The minimum absolute atomic E-state index is 0.0535. The van der Waals surface area contributed by atoms with Gasteiger partial charge >= 0.3 is 0 Å². The zero-order valence-electron chi connectivity index (χ0n) is 19.3. The number of aliphatic hydroxyl groups excluding tert-OH is 1. The molecule has 1 atom stereocenters. The second-order valence-electron chi connectivity index (χ2n) is 7.69. The van der Waals surface area contributed by atoms with Crippen LogP contribution in [0.1, 0.15) is 31.0 Å². The minimum atomic E-state index is -3.70. The van der Waals surface area contributed by atoms with Crippen molar-refractivity contribution < 1.29 is 33.0 Å². The maximum Gasteiger partial charge on any atom is 0.295 e. The van der Waals surface area contributed by atoms with E-state index in [1.54, 1.807) is 26.0 Å². The van der Waals surface area contributed by atoms with Crippen molar-refractivity contribution in [3.05, 3.63) is 65.2 Å². The molecule has 1 fully saturated rings. The highest BCUT2D eigenvalue weighted by Crippen LogP contribution is 2.40. The van der Waals surface area contributed by atoms with Crippen molar-refractivity contribution in [2.45, 2.75) is 24.8 Å². The van der Waals surface area contributed by atoms with E-state index >= 15 is 0 Å². The molecule has 1 aliphatic heterocycles. The van der Waals surface area contributed by atoms with E-state index in [-0.39, 0.29) is 34.9 Å². The first-order valence-electron chi connectivity index (χ1n) is 10.8. The number of sulfonamides is 1. The van der Waals surface area contributed by atoms with Gasteiger partial charge in [-0.25, -0.2) is 8.42 Å². The van der Waals surface area contributed by atoms with Crippen LogP contribution in [0.4, 0.5) is 0 Å². The van der Waals surface area contributed by atoms with Crippen LogP contribution in [0.3, 0.4) is 0 Å². The van der Waals surface area contributed by atoms with E-state index < -0.39 is 33.5 Å². The lowest BCUT2D eigenvalue weighted by atomic mass is 9.95. The van der Waals surface area contributed by atoms with Gasteiger partial charge < -0.3 is 19.8 Å². The summed E-state index contributed by atoms with van der Waals surface area (Å²) in [5.41, 5.74) is 0.483. The van der Waals surface area contributed by atoms with E-state index in [1.807, 2.05) is 0 Å². The summed E-state index contributed by atoms with van der Waals surface area (Å²) >= 11 is 0. The van der Waals surface area contributed by atoms with E-state index in [1.165, 1.54) is 52.7 Å². The number of carbonyl (C=O) groups excluding carboxylic acids is 2. The van der Waals surface area contributed by atoms with Crippen molar-refractivity contribution in [1.82, 2.24) is 9.21 Å². The van der Waals surface area contributed by atoms with Crippen LogP contribution in [0.15, 0.2) is 59.0 Å². The molecule has 2 N–H and O–H groups in total. The van der Waals surface area contributed by atoms with Crippen LogP contribution in [0.5, 0.6) is 5.75 Å². The molecule has 0 aromatic heterocycles. The first-order chi connectivity index (χ1) is 16.2. The van der Waals surface area contributed by atoms with E-state index in [0.29, 0.717) is 18.7 Å². The van der Waals surface area contributed by atoms with Crippen molar-refractivity contribution in [3.63, 3.8) is 0 Å². The minimum Gasteiger partial charge on any atom is -0.508 e. The van der Waals surface area contributed by atoms with Gasteiger partial charge in [0.1, 0.15) is 11.5 Å². The van der Waals surface area contributed by atoms with E-state index in [4.69, 9.17) is 4.74 Å². The third-order valence-electron chi connectivity index (χ3n) is 5.73. The number of aliphatic hydroxyl groups is 1. The summed E-state index contributed by atoms with van der Waals surface area (Å²) in [5.74, 6) is -2.16. The zero-order valence-corrected chi connectivity index (χ0v) is 20.1. The highest BCUT2D eigenvalue weighted by Gasteiger charge is 2.46. The van der Waals surface area contributed by atoms with Crippen molar-refractivity contribution in [2.75, 3.05) is 33.4 Å². The topological polar surface area (TPSA) is 124 Å². The third kappa shape index (κ3) is 4.70. The smallest absolute Gasteiger partial charge is 0.295 e. The van der Waals surface area contributed by atoms with Gasteiger partial charge in [-0.3, -0.25) is 9.59 Å². The highest BCUT2D eigenvalue weighted by atomic mass is 32.2. The largest absolute Gasteiger partial charge is 0.508 e. The Morgan fingerprint density at radius 2 is 1.74 bits per heavy atom. The van der Waals surface area contributed by atoms with E-state index in [0.717, 1.165) is 0 Å². The molecular weight excluding hydrogens is 460 g/mol. The van der Waals surface area contributed by atoms with Gasteiger partial charge in [-0.15, -0.1) is 0 Å². The average Bonchev–Trinajstić information content (AvgIpc) is 3.07. The lowest BCUT2D eigenvalue weighted by Gasteiger charge is -2.25. The molecule has 0 radical (unpaired) electrons. The summed E-state index contributed by atoms with van der Waals surface area (Å²) in [5, 5.41) is 21.0. The number of Topliss-reactive ketones (excluding diaryl/α,β-unsaturated/α-hetero) is 1. The zero-order chi connectivity index (χ0) is 25.0. The van der Waals surface area contributed by atoms with E-state index in [2.05, 4.69) is 0 Å². The Balaban J connectivity index is 2.10. The molecule has 2 aromatic carbocycles. The number of carbonyl (C=O) groups is 2. The molecular formula is C24H28N2O7S. The maximum atomic E-state index is 12.9. The predicted molar refractivity (Wildman–Crippen MR) is 126 cm³/mol. The Morgan fingerprint density at radius 3 is 2.29 bits per heavy atom. The highest BCUT2D eigenvalue weighted by molar-refractivity contribution is 7.89. The van der Waals surface area contributed by atoms with Crippen molar-refractivity contribution >= 4 is 27.5 Å². The number of hydrogen-bond donors (Lipinski definition) is 2. The monoisotopic (exact) mass is 488 g/mol.